The number of carbonyl (C=O) groups excluding carboxylic acids is 2. The van der Waals surface area contributed by atoms with Crippen LogP contribution in [0, 0.1) is 5.92 Å². The van der Waals surface area contributed by atoms with E-state index >= 15 is 0 Å². The summed E-state index contributed by atoms with van der Waals surface area (Å²) in [6.07, 6.45) is 3.54. The Morgan fingerprint density at radius 2 is 2.30 bits per heavy atom. The van der Waals surface area contributed by atoms with Gasteiger partial charge in [-0.25, -0.2) is 0 Å². The van der Waals surface area contributed by atoms with Crippen LogP contribution in [0.5, 0.6) is 0 Å². The summed E-state index contributed by atoms with van der Waals surface area (Å²) in [7, 11) is 0. The van der Waals surface area contributed by atoms with Crippen LogP contribution < -0.4 is 5.32 Å². The maximum Gasteiger partial charge on any atom is 0.254 e. The minimum atomic E-state index is -0.187. The van der Waals surface area contributed by atoms with Crippen molar-refractivity contribution in [3.05, 3.63) is 11.6 Å². The molecule has 1 heterocycles. The first-order chi connectivity index (χ1) is 4.79. The van der Waals surface area contributed by atoms with E-state index < -0.39 is 0 Å². The van der Waals surface area contributed by atoms with Crippen LogP contribution in [0.3, 0.4) is 0 Å². The predicted octanol–water partition coefficient (Wildman–Crippen LogP) is -0.0208. The van der Waals surface area contributed by atoms with E-state index in [1.54, 1.807) is 0 Å². The monoisotopic (exact) mass is 137 g/mol. The standard InChI is InChI=1S/C7H7NO2/c9-6-4-2-1-3-5(4)7(10)8-6/h2,5H,1,3H2,(H,8,9,10). The summed E-state index contributed by atoms with van der Waals surface area (Å²) >= 11 is 0. The Balaban J connectivity index is 2.41. The Labute approximate surface area is 58.1 Å². The minimum absolute atomic E-state index is 0.117. The van der Waals surface area contributed by atoms with Gasteiger partial charge in [0.2, 0.25) is 5.91 Å². The topological polar surface area (TPSA) is 46.2 Å². The van der Waals surface area contributed by atoms with Crippen LogP contribution in [0.25, 0.3) is 0 Å². The van der Waals surface area contributed by atoms with Crippen LogP contribution in [0.1, 0.15) is 12.8 Å². The predicted molar refractivity (Wildman–Crippen MR) is 34.0 cm³/mol. The van der Waals surface area contributed by atoms with Gasteiger partial charge in [0.15, 0.2) is 0 Å². The Bertz CT molecular complexity index is 242. The van der Waals surface area contributed by atoms with E-state index in [1.165, 1.54) is 0 Å². The van der Waals surface area contributed by atoms with Crippen molar-refractivity contribution < 1.29 is 9.59 Å². The molecule has 1 unspecified atom stereocenters. The van der Waals surface area contributed by atoms with Gasteiger partial charge >= 0.3 is 0 Å². The first-order valence-corrected chi connectivity index (χ1v) is 3.34. The Hall–Kier alpha value is -1.12. The zero-order valence-corrected chi connectivity index (χ0v) is 5.39. The lowest BCUT2D eigenvalue weighted by Gasteiger charge is -1.94. The average molecular weight is 137 g/mol. The molecular formula is C7H7NO2. The molecule has 10 heavy (non-hydrogen) atoms. The Kier molecular flexibility index (Phi) is 0.952. The molecule has 2 rings (SSSR count). The normalized spacial score (nSPS) is 30.0. The minimum Gasteiger partial charge on any atom is -0.292 e. The molecule has 3 heteroatoms. The van der Waals surface area contributed by atoms with Crippen molar-refractivity contribution in [2.45, 2.75) is 12.8 Å². The molecule has 0 radical (unpaired) electrons. The van der Waals surface area contributed by atoms with Crippen molar-refractivity contribution in [3.8, 4) is 0 Å². The third-order valence-corrected chi connectivity index (χ3v) is 2.01. The highest BCUT2D eigenvalue weighted by molar-refractivity contribution is 6.15. The number of fused-ring (bicyclic) bond motifs is 1. The van der Waals surface area contributed by atoms with Crippen LogP contribution in [0.4, 0.5) is 0 Å². The second-order valence-electron chi connectivity index (χ2n) is 2.61. The zero-order valence-electron chi connectivity index (χ0n) is 5.39. The summed E-state index contributed by atoms with van der Waals surface area (Å²) in [5, 5.41) is 2.27. The first kappa shape index (κ1) is 5.65. The molecule has 2 aliphatic rings. The van der Waals surface area contributed by atoms with Crippen molar-refractivity contribution >= 4 is 11.8 Å². The summed E-state index contributed by atoms with van der Waals surface area (Å²) in [6, 6.07) is 0. The van der Waals surface area contributed by atoms with Gasteiger partial charge in [-0.2, -0.15) is 0 Å². The molecule has 0 bridgehead atoms. The van der Waals surface area contributed by atoms with Gasteiger partial charge in [0.25, 0.3) is 5.91 Å². The molecule has 1 atom stereocenters. The molecule has 0 spiro atoms. The van der Waals surface area contributed by atoms with Gasteiger partial charge in [-0.15, -0.1) is 0 Å². The molecular weight excluding hydrogens is 130 g/mol. The van der Waals surface area contributed by atoms with Gasteiger partial charge in [-0.1, -0.05) is 6.08 Å². The molecule has 1 fully saturated rings. The van der Waals surface area contributed by atoms with Crippen molar-refractivity contribution in [3.63, 3.8) is 0 Å². The van der Waals surface area contributed by atoms with Crippen LogP contribution in [-0.2, 0) is 9.59 Å². The number of hydrogen-bond donors (Lipinski definition) is 1. The van der Waals surface area contributed by atoms with Crippen molar-refractivity contribution in [1.82, 2.24) is 5.32 Å². The maximum absolute atomic E-state index is 10.9. The number of rotatable bonds is 0. The quantitative estimate of drug-likeness (QED) is 0.477. The second kappa shape index (κ2) is 1.68. The summed E-state index contributed by atoms with van der Waals surface area (Å²) in [5.74, 6) is -0.422. The van der Waals surface area contributed by atoms with Crippen molar-refractivity contribution in [2.24, 2.45) is 5.92 Å². The molecule has 2 amide bonds. The van der Waals surface area contributed by atoms with E-state index in [1.807, 2.05) is 6.08 Å². The van der Waals surface area contributed by atoms with Crippen LogP contribution in [0.2, 0.25) is 0 Å². The lowest BCUT2D eigenvalue weighted by molar-refractivity contribution is -0.125. The third-order valence-electron chi connectivity index (χ3n) is 2.01. The second-order valence-corrected chi connectivity index (χ2v) is 2.61. The zero-order chi connectivity index (χ0) is 7.14. The van der Waals surface area contributed by atoms with Gasteiger partial charge < -0.3 is 0 Å². The summed E-state index contributed by atoms with van der Waals surface area (Å²) in [5.41, 5.74) is 0.685. The lowest BCUT2D eigenvalue weighted by Crippen LogP contribution is -2.22. The summed E-state index contributed by atoms with van der Waals surface area (Å²) < 4.78 is 0. The first-order valence-electron chi connectivity index (χ1n) is 3.34. The van der Waals surface area contributed by atoms with Crippen LogP contribution >= 0.6 is 0 Å². The van der Waals surface area contributed by atoms with Gasteiger partial charge in [0, 0.05) is 5.57 Å². The number of carbonyl (C=O) groups is 2. The van der Waals surface area contributed by atoms with E-state index in [2.05, 4.69) is 5.32 Å². The van der Waals surface area contributed by atoms with Gasteiger partial charge in [0.1, 0.15) is 0 Å². The number of imide groups is 1. The highest BCUT2D eigenvalue weighted by Gasteiger charge is 2.37. The largest absolute Gasteiger partial charge is 0.292 e. The smallest absolute Gasteiger partial charge is 0.254 e. The highest BCUT2D eigenvalue weighted by atomic mass is 16.2. The molecule has 0 aromatic carbocycles. The van der Waals surface area contributed by atoms with E-state index in [-0.39, 0.29) is 17.7 Å². The summed E-state index contributed by atoms with van der Waals surface area (Å²) in [4.78, 5) is 21.8. The lowest BCUT2D eigenvalue weighted by atomic mass is 10.1. The fourth-order valence-corrected chi connectivity index (χ4v) is 1.50. The number of nitrogens with one attached hydrogen (secondary N) is 1. The third kappa shape index (κ3) is 0.546. The van der Waals surface area contributed by atoms with E-state index in [4.69, 9.17) is 0 Å². The molecule has 1 N–H and O–H groups in total. The van der Waals surface area contributed by atoms with Gasteiger partial charge in [-0.3, -0.25) is 14.9 Å². The van der Waals surface area contributed by atoms with Crippen LogP contribution in [-0.4, -0.2) is 11.8 Å². The molecule has 0 saturated carbocycles. The molecule has 1 saturated heterocycles. The van der Waals surface area contributed by atoms with Crippen molar-refractivity contribution in [2.75, 3.05) is 0 Å². The van der Waals surface area contributed by atoms with Gasteiger partial charge in [-0.05, 0) is 12.8 Å². The fourth-order valence-electron chi connectivity index (χ4n) is 1.50. The molecule has 0 aromatic heterocycles. The molecule has 0 aromatic rings. The molecule has 1 aliphatic carbocycles. The number of allylic oxidation sites excluding steroid dienone is 1. The maximum atomic E-state index is 10.9. The Morgan fingerprint density at radius 1 is 1.50 bits per heavy atom. The molecule has 1 aliphatic heterocycles. The number of hydrogen-bond acceptors (Lipinski definition) is 2. The fraction of sp³-hybridized carbons (Fsp3) is 0.429. The highest BCUT2D eigenvalue weighted by Crippen LogP contribution is 2.29. The Morgan fingerprint density at radius 3 is 3.00 bits per heavy atom. The SMILES string of the molecule is O=C1NC(=O)C2CCC=C12. The molecule has 3 nitrogen and oxygen atoms in total. The summed E-state index contributed by atoms with van der Waals surface area (Å²) in [6.45, 7) is 0. The van der Waals surface area contributed by atoms with Crippen molar-refractivity contribution in [1.29, 1.82) is 0 Å². The van der Waals surface area contributed by atoms with Crippen LogP contribution in [0.15, 0.2) is 11.6 Å². The number of amides is 2. The van der Waals surface area contributed by atoms with E-state index in [0.29, 0.717) is 5.57 Å². The van der Waals surface area contributed by atoms with Gasteiger partial charge in [0.05, 0.1) is 5.92 Å². The average Bonchev–Trinajstić information content (AvgIpc) is 2.39. The van der Waals surface area contributed by atoms with E-state index in [9.17, 15) is 9.59 Å². The molecule has 52 valence electrons. The van der Waals surface area contributed by atoms with E-state index in [0.717, 1.165) is 12.8 Å².